The van der Waals surface area contributed by atoms with E-state index in [1.54, 1.807) is 6.92 Å². The molecule has 6 nitrogen and oxygen atoms in total. The van der Waals surface area contributed by atoms with Crippen LogP contribution in [0.1, 0.15) is 23.8 Å². The van der Waals surface area contributed by atoms with Gasteiger partial charge >= 0.3 is 11.9 Å². The van der Waals surface area contributed by atoms with Gasteiger partial charge in [-0.1, -0.05) is 0 Å². The number of ether oxygens (including phenoxy) is 1. The molecule has 7 heteroatoms. The Bertz CT molecular complexity index is 377. The number of hydrogen-bond acceptors (Lipinski definition) is 6. The maximum absolute atomic E-state index is 11.0. The Balaban J connectivity index is 2.40. The van der Waals surface area contributed by atoms with Crippen LogP contribution in [0.15, 0.2) is 5.51 Å². The van der Waals surface area contributed by atoms with Crippen molar-refractivity contribution in [3.8, 4) is 0 Å². The highest BCUT2D eigenvalue weighted by molar-refractivity contribution is 7.14. The third-order valence-corrected chi connectivity index (χ3v) is 2.47. The molecule has 0 aliphatic rings. The normalized spacial score (nSPS) is 9.81. The van der Waals surface area contributed by atoms with E-state index in [1.807, 2.05) is 0 Å². The molecule has 0 atom stereocenters. The summed E-state index contributed by atoms with van der Waals surface area (Å²) < 4.78 is 4.73. The first kappa shape index (κ1) is 12.4. The summed E-state index contributed by atoms with van der Waals surface area (Å²) >= 11 is 1.19. The Morgan fingerprint density at radius 1 is 1.62 bits per heavy atom. The molecule has 0 spiro atoms. The minimum atomic E-state index is -1.08. The molecule has 0 saturated heterocycles. The number of rotatable bonds is 6. The number of carboxylic acid groups (broad SMARTS) is 1. The second-order valence-electron chi connectivity index (χ2n) is 2.82. The molecule has 0 aromatic carbocycles. The molecule has 0 aliphatic heterocycles. The van der Waals surface area contributed by atoms with Crippen molar-refractivity contribution in [2.45, 2.75) is 13.3 Å². The minimum Gasteiger partial charge on any atom is -0.476 e. The summed E-state index contributed by atoms with van der Waals surface area (Å²) in [6, 6.07) is 0. The molecule has 0 aliphatic carbocycles. The maximum Gasteiger partial charge on any atom is 0.357 e. The largest absolute Gasteiger partial charge is 0.476 e. The second kappa shape index (κ2) is 6.06. The van der Waals surface area contributed by atoms with Gasteiger partial charge < -0.3 is 15.2 Å². The van der Waals surface area contributed by atoms with Gasteiger partial charge in [0, 0.05) is 6.54 Å². The zero-order chi connectivity index (χ0) is 12.0. The van der Waals surface area contributed by atoms with E-state index in [0.29, 0.717) is 18.2 Å². The Labute approximate surface area is 96.3 Å². The summed E-state index contributed by atoms with van der Waals surface area (Å²) in [7, 11) is 0. The third-order valence-electron chi connectivity index (χ3n) is 1.69. The molecule has 0 radical (unpaired) electrons. The van der Waals surface area contributed by atoms with E-state index in [-0.39, 0.29) is 18.1 Å². The van der Waals surface area contributed by atoms with Gasteiger partial charge in [0.15, 0.2) is 5.69 Å². The lowest BCUT2D eigenvalue weighted by atomic mass is 10.4. The third kappa shape index (κ3) is 3.50. The predicted molar refractivity (Wildman–Crippen MR) is 58.8 cm³/mol. The molecule has 0 amide bonds. The molecule has 1 rings (SSSR count). The monoisotopic (exact) mass is 244 g/mol. The van der Waals surface area contributed by atoms with Gasteiger partial charge in [0.25, 0.3) is 0 Å². The van der Waals surface area contributed by atoms with Crippen LogP contribution in [-0.4, -0.2) is 35.2 Å². The number of nitrogens with zero attached hydrogens (tertiary/aromatic N) is 1. The van der Waals surface area contributed by atoms with Crippen LogP contribution in [0.25, 0.3) is 0 Å². The highest BCUT2D eigenvalue weighted by Gasteiger charge is 2.13. The first-order valence-electron chi connectivity index (χ1n) is 4.71. The number of anilines is 1. The van der Waals surface area contributed by atoms with Crippen LogP contribution >= 0.6 is 11.3 Å². The maximum atomic E-state index is 11.0. The number of carbonyl (C=O) groups excluding carboxylic acids is 1. The van der Waals surface area contributed by atoms with Gasteiger partial charge in [-0.15, -0.1) is 11.3 Å². The lowest BCUT2D eigenvalue weighted by Crippen LogP contribution is -2.12. The quantitative estimate of drug-likeness (QED) is 0.731. The van der Waals surface area contributed by atoms with Crippen LogP contribution in [0, 0.1) is 0 Å². The van der Waals surface area contributed by atoms with E-state index in [4.69, 9.17) is 9.84 Å². The number of aromatic carboxylic acids is 1. The van der Waals surface area contributed by atoms with Crippen molar-refractivity contribution in [3.05, 3.63) is 11.2 Å². The van der Waals surface area contributed by atoms with Gasteiger partial charge in [-0.05, 0) is 6.92 Å². The van der Waals surface area contributed by atoms with Crippen LogP contribution in [0.3, 0.4) is 0 Å². The number of thiazole rings is 1. The van der Waals surface area contributed by atoms with Crippen molar-refractivity contribution >= 4 is 28.3 Å². The zero-order valence-electron chi connectivity index (χ0n) is 8.73. The molecule has 88 valence electrons. The number of carboxylic acids is 1. The number of hydrogen-bond donors (Lipinski definition) is 2. The summed E-state index contributed by atoms with van der Waals surface area (Å²) in [5.74, 6) is -1.39. The summed E-state index contributed by atoms with van der Waals surface area (Å²) in [6.07, 6.45) is 0.199. The Morgan fingerprint density at radius 2 is 2.38 bits per heavy atom. The highest BCUT2D eigenvalue weighted by atomic mass is 32.1. The van der Waals surface area contributed by atoms with Crippen LogP contribution < -0.4 is 5.32 Å². The van der Waals surface area contributed by atoms with E-state index in [9.17, 15) is 9.59 Å². The van der Waals surface area contributed by atoms with Crippen molar-refractivity contribution in [2.75, 3.05) is 18.5 Å². The van der Waals surface area contributed by atoms with Crippen molar-refractivity contribution in [1.29, 1.82) is 0 Å². The topological polar surface area (TPSA) is 88.5 Å². The van der Waals surface area contributed by atoms with Crippen LogP contribution in [0.5, 0.6) is 0 Å². The smallest absolute Gasteiger partial charge is 0.357 e. The van der Waals surface area contributed by atoms with Crippen LogP contribution in [0.2, 0.25) is 0 Å². The average molecular weight is 244 g/mol. The van der Waals surface area contributed by atoms with Gasteiger partial charge in [-0.25, -0.2) is 9.78 Å². The predicted octanol–water partition coefficient (Wildman–Crippen LogP) is 1.21. The first-order chi connectivity index (χ1) is 7.65. The summed E-state index contributed by atoms with van der Waals surface area (Å²) in [6.45, 7) is 2.41. The van der Waals surface area contributed by atoms with Gasteiger partial charge in [-0.2, -0.15) is 0 Å². The number of aromatic nitrogens is 1. The molecule has 1 heterocycles. The van der Waals surface area contributed by atoms with E-state index in [2.05, 4.69) is 10.3 Å². The van der Waals surface area contributed by atoms with Crippen molar-refractivity contribution in [2.24, 2.45) is 0 Å². The second-order valence-corrected chi connectivity index (χ2v) is 3.67. The van der Waals surface area contributed by atoms with Crippen molar-refractivity contribution < 1.29 is 19.4 Å². The van der Waals surface area contributed by atoms with Gasteiger partial charge in [0.1, 0.15) is 5.00 Å². The van der Waals surface area contributed by atoms with E-state index >= 15 is 0 Å². The molecule has 2 N–H and O–H groups in total. The van der Waals surface area contributed by atoms with Crippen LogP contribution in [-0.2, 0) is 9.53 Å². The Morgan fingerprint density at radius 3 is 3.00 bits per heavy atom. The average Bonchev–Trinajstić information content (AvgIpc) is 2.66. The zero-order valence-corrected chi connectivity index (χ0v) is 9.54. The van der Waals surface area contributed by atoms with Gasteiger partial charge in [0.05, 0.1) is 18.5 Å². The number of esters is 1. The van der Waals surface area contributed by atoms with E-state index in [0.717, 1.165) is 0 Å². The number of nitrogens with one attached hydrogen (secondary N) is 1. The van der Waals surface area contributed by atoms with Crippen molar-refractivity contribution in [1.82, 2.24) is 4.98 Å². The lowest BCUT2D eigenvalue weighted by Gasteiger charge is -2.04. The van der Waals surface area contributed by atoms with E-state index in [1.165, 1.54) is 16.8 Å². The Kier molecular flexibility index (Phi) is 4.71. The van der Waals surface area contributed by atoms with Crippen molar-refractivity contribution in [3.63, 3.8) is 0 Å². The fourth-order valence-electron chi connectivity index (χ4n) is 1.04. The molecule has 0 saturated carbocycles. The molecular formula is C9H12N2O4S. The molecular weight excluding hydrogens is 232 g/mol. The molecule has 1 aromatic rings. The molecule has 1 aromatic heterocycles. The van der Waals surface area contributed by atoms with E-state index < -0.39 is 5.97 Å². The van der Waals surface area contributed by atoms with Gasteiger partial charge in [0.2, 0.25) is 0 Å². The SMILES string of the molecule is CCOC(=O)CCNc1scnc1C(=O)O. The highest BCUT2D eigenvalue weighted by Crippen LogP contribution is 2.19. The Hall–Kier alpha value is -1.63. The molecule has 0 bridgehead atoms. The molecule has 0 unspecified atom stereocenters. The molecule has 16 heavy (non-hydrogen) atoms. The lowest BCUT2D eigenvalue weighted by molar-refractivity contribution is -0.142. The van der Waals surface area contributed by atoms with Crippen LogP contribution in [0.4, 0.5) is 5.00 Å². The minimum absolute atomic E-state index is 0.0196. The number of carbonyl (C=O) groups is 2. The fourth-order valence-corrected chi connectivity index (χ4v) is 1.74. The standard InChI is InChI=1S/C9H12N2O4S/c1-2-15-6(12)3-4-10-8-7(9(13)14)11-5-16-8/h5,10H,2-4H2,1H3,(H,13,14). The van der Waals surface area contributed by atoms with Gasteiger partial charge in [-0.3, -0.25) is 4.79 Å². The summed E-state index contributed by atoms with van der Waals surface area (Å²) in [5.41, 5.74) is 1.42. The molecule has 0 fully saturated rings. The summed E-state index contributed by atoms with van der Waals surface area (Å²) in [4.78, 5) is 25.4. The fraction of sp³-hybridized carbons (Fsp3) is 0.444. The summed E-state index contributed by atoms with van der Waals surface area (Å²) in [5, 5.41) is 12.1. The first-order valence-corrected chi connectivity index (χ1v) is 5.59.